The fourth-order valence-electron chi connectivity index (χ4n) is 5.38. The molecule has 2 N–H and O–H groups in total. The van der Waals surface area contributed by atoms with Crippen molar-refractivity contribution >= 4 is 39.3 Å². The second kappa shape index (κ2) is 11.3. The molecule has 0 saturated carbocycles. The Morgan fingerprint density at radius 2 is 1.76 bits per heavy atom. The van der Waals surface area contributed by atoms with Gasteiger partial charge in [-0.15, -0.1) is 0 Å². The number of rotatable bonds is 8. The highest BCUT2D eigenvalue weighted by atomic mass is 32.2. The number of hydrogen-bond acceptors (Lipinski definition) is 8. The van der Waals surface area contributed by atoms with E-state index in [-0.39, 0.29) is 30.5 Å². The number of nitrogens with zero attached hydrogens (tertiary/aromatic N) is 3. The Bertz CT molecular complexity index is 1520. The minimum absolute atomic E-state index is 0.0282. The van der Waals surface area contributed by atoms with Crippen LogP contribution in [0.25, 0.3) is 0 Å². The van der Waals surface area contributed by atoms with Crippen LogP contribution in [0.15, 0.2) is 36.4 Å². The maximum absolute atomic E-state index is 15.1. The number of carbonyl (C=O) groups is 4. The average molecular weight is 586 g/mol. The molecule has 0 aliphatic carbocycles. The number of piperazine rings is 1. The van der Waals surface area contributed by atoms with Crippen LogP contribution in [0, 0.1) is 5.82 Å². The molecule has 2 saturated heterocycles. The zero-order chi connectivity index (χ0) is 29.5. The molecule has 1 atom stereocenters. The van der Waals surface area contributed by atoms with Crippen LogP contribution in [0.2, 0.25) is 0 Å². The van der Waals surface area contributed by atoms with Gasteiger partial charge in [0.15, 0.2) is 0 Å². The fraction of sp³-hybridized carbons (Fsp3) is 0.429. The van der Waals surface area contributed by atoms with Crippen LogP contribution in [-0.2, 0) is 32.7 Å². The Morgan fingerprint density at radius 3 is 2.41 bits per heavy atom. The number of carbonyl (C=O) groups excluding carboxylic acids is 4. The molecule has 1 unspecified atom stereocenters. The molecule has 2 aromatic rings. The van der Waals surface area contributed by atoms with Crippen molar-refractivity contribution in [2.75, 3.05) is 31.5 Å². The number of amides is 4. The van der Waals surface area contributed by atoms with Gasteiger partial charge < -0.3 is 5.32 Å². The topological polar surface area (TPSA) is 136 Å². The molecule has 13 heteroatoms. The van der Waals surface area contributed by atoms with Crippen molar-refractivity contribution in [3.05, 3.63) is 64.5 Å². The highest BCUT2D eigenvalue weighted by Crippen LogP contribution is 2.32. The summed E-state index contributed by atoms with van der Waals surface area (Å²) in [6.07, 6.45) is 0.0869. The summed E-state index contributed by atoms with van der Waals surface area (Å²) in [5.41, 5.74) is 1.71. The van der Waals surface area contributed by atoms with E-state index in [4.69, 9.17) is 0 Å². The third-order valence-electron chi connectivity index (χ3n) is 7.75. The number of halogens is 1. The molecule has 0 bridgehead atoms. The fourth-order valence-corrected chi connectivity index (χ4v) is 6.65. The molecule has 2 fully saturated rings. The first-order valence-corrected chi connectivity index (χ1v) is 15.0. The molecule has 2 aromatic carbocycles. The standard InChI is InChI=1S/C28H32FN5O6S/c1-17(2)41(39,40)33-12-10-32(11-13-33)16-18-6-7-19(21(29)14-18)15-30-22-5-3-4-20-25(22)28(38)34(27(20)37)23-8-9-24(35)31-26(23)36/h3-7,14,17,23,30H,8-13,15-16H2,1-2H3,(H,31,35,36). The Labute approximate surface area is 237 Å². The largest absolute Gasteiger partial charge is 0.380 e. The number of nitrogens with one attached hydrogen (secondary N) is 2. The van der Waals surface area contributed by atoms with Crippen LogP contribution < -0.4 is 10.6 Å². The molecular formula is C28H32FN5O6S. The van der Waals surface area contributed by atoms with Crippen molar-refractivity contribution < 1.29 is 32.0 Å². The lowest BCUT2D eigenvalue weighted by atomic mass is 10.0. The van der Waals surface area contributed by atoms with Crippen molar-refractivity contribution in [1.29, 1.82) is 0 Å². The van der Waals surface area contributed by atoms with Crippen molar-refractivity contribution in [2.24, 2.45) is 0 Å². The van der Waals surface area contributed by atoms with Gasteiger partial charge in [0, 0.05) is 56.9 Å². The van der Waals surface area contributed by atoms with Gasteiger partial charge in [-0.05, 0) is 44.0 Å². The summed E-state index contributed by atoms with van der Waals surface area (Å²) in [5, 5.41) is 4.76. The monoisotopic (exact) mass is 585 g/mol. The van der Waals surface area contributed by atoms with Crippen LogP contribution in [0.1, 0.15) is 58.5 Å². The van der Waals surface area contributed by atoms with Crippen LogP contribution in [0.3, 0.4) is 0 Å². The molecule has 0 radical (unpaired) electrons. The Morgan fingerprint density at radius 1 is 1.02 bits per heavy atom. The van der Waals surface area contributed by atoms with Gasteiger partial charge >= 0.3 is 0 Å². The van der Waals surface area contributed by atoms with E-state index in [1.807, 2.05) is 6.07 Å². The molecule has 41 heavy (non-hydrogen) atoms. The van der Waals surface area contributed by atoms with E-state index in [1.165, 1.54) is 16.4 Å². The number of piperidine rings is 1. The SMILES string of the molecule is CC(C)S(=O)(=O)N1CCN(Cc2ccc(CNc3cccc4c3C(=O)N(C3CCC(=O)NC3=O)C4=O)c(F)c2)CC1. The highest BCUT2D eigenvalue weighted by molar-refractivity contribution is 7.89. The minimum Gasteiger partial charge on any atom is -0.380 e. The molecule has 3 aliphatic rings. The van der Waals surface area contributed by atoms with Gasteiger partial charge in [-0.1, -0.05) is 18.2 Å². The summed E-state index contributed by atoms with van der Waals surface area (Å²) in [5.74, 6) is -2.81. The average Bonchev–Trinajstić information content (AvgIpc) is 3.18. The van der Waals surface area contributed by atoms with Gasteiger partial charge in [-0.3, -0.25) is 34.3 Å². The number of sulfonamides is 1. The predicted molar refractivity (Wildman–Crippen MR) is 148 cm³/mol. The maximum Gasteiger partial charge on any atom is 0.264 e. The Hall–Kier alpha value is -3.68. The van der Waals surface area contributed by atoms with E-state index >= 15 is 4.39 Å². The molecule has 4 amide bonds. The third-order valence-corrected chi connectivity index (χ3v) is 10.0. The predicted octanol–water partition coefficient (Wildman–Crippen LogP) is 1.69. The first-order valence-electron chi connectivity index (χ1n) is 13.5. The van der Waals surface area contributed by atoms with Gasteiger partial charge in [0.25, 0.3) is 11.8 Å². The Kier molecular flexibility index (Phi) is 7.95. The lowest BCUT2D eigenvalue weighted by Gasteiger charge is -2.34. The normalized spacial score (nSPS) is 20.5. The van der Waals surface area contributed by atoms with Gasteiger partial charge in [-0.25, -0.2) is 12.8 Å². The number of benzene rings is 2. The van der Waals surface area contributed by atoms with Gasteiger partial charge in [0.1, 0.15) is 11.9 Å². The molecular weight excluding hydrogens is 553 g/mol. The number of hydrogen-bond donors (Lipinski definition) is 2. The molecule has 11 nitrogen and oxygen atoms in total. The smallest absolute Gasteiger partial charge is 0.264 e. The zero-order valence-corrected chi connectivity index (χ0v) is 23.7. The van der Waals surface area contributed by atoms with Crippen molar-refractivity contribution in [3.63, 3.8) is 0 Å². The van der Waals surface area contributed by atoms with Gasteiger partial charge in [0.05, 0.1) is 16.4 Å². The molecule has 5 rings (SSSR count). The van der Waals surface area contributed by atoms with E-state index < -0.39 is 50.8 Å². The lowest BCUT2D eigenvalue weighted by molar-refractivity contribution is -0.136. The number of fused-ring (bicyclic) bond motifs is 1. The summed E-state index contributed by atoms with van der Waals surface area (Å²) in [6, 6.07) is 8.56. The zero-order valence-electron chi connectivity index (χ0n) is 22.9. The summed E-state index contributed by atoms with van der Waals surface area (Å²) in [4.78, 5) is 53.1. The molecule has 3 heterocycles. The van der Waals surface area contributed by atoms with Crippen LogP contribution >= 0.6 is 0 Å². The van der Waals surface area contributed by atoms with Crippen LogP contribution in [-0.4, -0.2) is 83.6 Å². The van der Waals surface area contributed by atoms with Crippen molar-refractivity contribution in [1.82, 2.24) is 19.4 Å². The van der Waals surface area contributed by atoms with Gasteiger partial charge in [0.2, 0.25) is 21.8 Å². The van der Waals surface area contributed by atoms with Gasteiger partial charge in [-0.2, -0.15) is 4.31 Å². The molecule has 0 spiro atoms. The number of anilines is 1. The van der Waals surface area contributed by atoms with E-state index in [2.05, 4.69) is 15.5 Å². The first kappa shape index (κ1) is 28.8. The second-order valence-corrected chi connectivity index (χ2v) is 13.2. The lowest BCUT2D eigenvalue weighted by Crippen LogP contribution is -2.54. The summed E-state index contributed by atoms with van der Waals surface area (Å²) in [7, 11) is -3.29. The molecule has 0 aromatic heterocycles. The van der Waals surface area contributed by atoms with Crippen LogP contribution in [0.5, 0.6) is 0 Å². The highest BCUT2D eigenvalue weighted by Gasteiger charge is 2.45. The van der Waals surface area contributed by atoms with E-state index in [0.29, 0.717) is 44.0 Å². The van der Waals surface area contributed by atoms with Crippen molar-refractivity contribution in [3.8, 4) is 0 Å². The van der Waals surface area contributed by atoms with E-state index in [1.54, 1.807) is 32.0 Å². The first-order chi connectivity index (χ1) is 19.5. The number of imide groups is 2. The van der Waals surface area contributed by atoms with Crippen LogP contribution in [0.4, 0.5) is 10.1 Å². The second-order valence-electron chi connectivity index (χ2n) is 10.7. The van der Waals surface area contributed by atoms with E-state index in [0.717, 1.165) is 10.5 Å². The summed E-state index contributed by atoms with van der Waals surface area (Å²) in [6.45, 7) is 5.77. The third kappa shape index (κ3) is 5.61. The summed E-state index contributed by atoms with van der Waals surface area (Å²) < 4.78 is 41.4. The maximum atomic E-state index is 15.1. The molecule has 218 valence electrons. The van der Waals surface area contributed by atoms with Crippen molar-refractivity contribution in [2.45, 2.75) is 51.1 Å². The molecule has 3 aliphatic heterocycles. The summed E-state index contributed by atoms with van der Waals surface area (Å²) >= 11 is 0. The Balaban J connectivity index is 1.23. The van der Waals surface area contributed by atoms with E-state index in [9.17, 15) is 27.6 Å². The minimum atomic E-state index is -3.29. The quantitative estimate of drug-likeness (QED) is 0.447.